The largest absolute Gasteiger partial charge is 0.366 e. The summed E-state index contributed by atoms with van der Waals surface area (Å²) in [5.74, 6) is 1.22. The number of carbonyl (C=O) groups is 1. The van der Waals surface area contributed by atoms with Crippen molar-refractivity contribution < 1.29 is 9.53 Å². The molecular weight excluding hydrogens is 318 g/mol. The average Bonchev–Trinajstić information content (AvgIpc) is 3.26. The molecule has 4 rings (SSSR count). The maximum Gasteiger partial charge on any atom is 0.317 e. The summed E-state index contributed by atoms with van der Waals surface area (Å²) in [5, 5.41) is 11.3. The predicted molar refractivity (Wildman–Crippen MR) is 92.1 cm³/mol. The van der Waals surface area contributed by atoms with Gasteiger partial charge in [-0.1, -0.05) is 30.3 Å². The highest BCUT2D eigenvalue weighted by atomic mass is 16.5. The van der Waals surface area contributed by atoms with Gasteiger partial charge in [-0.25, -0.2) is 4.79 Å². The maximum absolute atomic E-state index is 12.6. The number of nitrogens with zero attached hydrogens (tertiary/aromatic N) is 4. The van der Waals surface area contributed by atoms with Crippen LogP contribution in [0, 0.1) is 0 Å². The van der Waals surface area contributed by atoms with Crippen LogP contribution in [0.15, 0.2) is 36.7 Å². The molecule has 0 unspecified atom stereocenters. The van der Waals surface area contributed by atoms with Gasteiger partial charge in [0.15, 0.2) is 5.82 Å². The molecule has 0 bridgehead atoms. The van der Waals surface area contributed by atoms with E-state index in [0.717, 1.165) is 18.8 Å². The first-order valence-electron chi connectivity index (χ1n) is 8.86. The zero-order chi connectivity index (χ0) is 17.2. The van der Waals surface area contributed by atoms with Gasteiger partial charge < -0.3 is 19.5 Å². The SMILES string of the molecule is CCn1cnnc1[C@@H]1CN(C(=O)N[C@H]2C[C@@H]2c2ccccc2)CCO1. The van der Waals surface area contributed by atoms with Crippen LogP contribution in [0.5, 0.6) is 0 Å². The Labute approximate surface area is 147 Å². The zero-order valence-electron chi connectivity index (χ0n) is 14.3. The van der Waals surface area contributed by atoms with E-state index in [9.17, 15) is 4.79 Å². The fraction of sp³-hybridized carbons (Fsp3) is 0.500. The first-order chi connectivity index (χ1) is 12.3. The van der Waals surface area contributed by atoms with E-state index in [0.29, 0.717) is 25.6 Å². The molecule has 2 aliphatic rings. The molecule has 132 valence electrons. The molecule has 0 radical (unpaired) electrons. The Balaban J connectivity index is 1.35. The molecule has 7 nitrogen and oxygen atoms in total. The van der Waals surface area contributed by atoms with E-state index in [1.165, 1.54) is 5.56 Å². The second-order valence-corrected chi connectivity index (χ2v) is 6.59. The van der Waals surface area contributed by atoms with Crippen LogP contribution in [0.25, 0.3) is 0 Å². The van der Waals surface area contributed by atoms with Crippen molar-refractivity contribution in [2.24, 2.45) is 0 Å². The lowest BCUT2D eigenvalue weighted by Gasteiger charge is -2.32. The van der Waals surface area contributed by atoms with Crippen molar-refractivity contribution in [2.45, 2.75) is 38.0 Å². The molecule has 3 atom stereocenters. The van der Waals surface area contributed by atoms with Gasteiger partial charge in [0.25, 0.3) is 0 Å². The first-order valence-corrected chi connectivity index (χ1v) is 8.86. The summed E-state index contributed by atoms with van der Waals surface area (Å²) in [6.45, 7) is 4.45. The molecule has 1 aromatic heterocycles. The molecule has 1 aromatic carbocycles. The lowest BCUT2D eigenvalue weighted by Crippen LogP contribution is -2.48. The Bertz CT molecular complexity index is 732. The summed E-state index contributed by atoms with van der Waals surface area (Å²) in [7, 11) is 0. The van der Waals surface area contributed by atoms with E-state index in [-0.39, 0.29) is 18.2 Å². The van der Waals surface area contributed by atoms with Gasteiger partial charge in [0.1, 0.15) is 12.4 Å². The summed E-state index contributed by atoms with van der Waals surface area (Å²) in [5.41, 5.74) is 1.30. The van der Waals surface area contributed by atoms with E-state index in [2.05, 4.69) is 27.6 Å². The number of aromatic nitrogens is 3. The lowest BCUT2D eigenvalue weighted by molar-refractivity contribution is -0.0218. The number of carbonyl (C=O) groups excluding carboxylic acids is 1. The molecule has 7 heteroatoms. The quantitative estimate of drug-likeness (QED) is 0.922. The number of hydrogen-bond donors (Lipinski definition) is 1. The van der Waals surface area contributed by atoms with Gasteiger partial charge in [0.2, 0.25) is 0 Å². The number of amides is 2. The van der Waals surface area contributed by atoms with Gasteiger partial charge in [-0.3, -0.25) is 0 Å². The number of hydrogen-bond acceptors (Lipinski definition) is 4. The van der Waals surface area contributed by atoms with Crippen molar-refractivity contribution in [3.63, 3.8) is 0 Å². The van der Waals surface area contributed by atoms with Crippen LogP contribution in [-0.2, 0) is 11.3 Å². The third kappa shape index (κ3) is 3.37. The Morgan fingerprint density at radius 2 is 2.20 bits per heavy atom. The van der Waals surface area contributed by atoms with Gasteiger partial charge in [-0.05, 0) is 18.9 Å². The predicted octanol–water partition coefficient (Wildman–Crippen LogP) is 1.94. The summed E-state index contributed by atoms with van der Waals surface area (Å²) < 4.78 is 7.77. The number of rotatable bonds is 4. The van der Waals surface area contributed by atoms with Gasteiger partial charge in [0, 0.05) is 25.0 Å². The third-order valence-electron chi connectivity index (χ3n) is 4.95. The van der Waals surface area contributed by atoms with Crippen LogP contribution in [-0.4, -0.2) is 51.4 Å². The minimum atomic E-state index is -0.217. The minimum Gasteiger partial charge on any atom is -0.366 e. The van der Waals surface area contributed by atoms with Gasteiger partial charge in [-0.15, -0.1) is 10.2 Å². The van der Waals surface area contributed by atoms with E-state index >= 15 is 0 Å². The average molecular weight is 341 g/mol. The Morgan fingerprint density at radius 1 is 1.36 bits per heavy atom. The van der Waals surface area contributed by atoms with Gasteiger partial charge >= 0.3 is 6.03 Å². The number of morpholine rings is 1. The highest BCUT2D eigenvalue weighted by Crippen LogP contribution is 2.40. The number of nitrogens with one attached hydrogen (secondary N) is 1. The van der Waals surface area contributed by atoms with Crippen LogP contribution >= 0.6 is 0 Å². The van der Waals surface area contributed by atoms with Crippen molar-refractivity contribution in [1.29, 1.82) is 0 Å². The monoisotopic (exact) mass is 341 g/mol. The normalized spacial score (nSPS) is 25.6. The lowest BCUT2D eigenvalue weighted by atomic mass is 10.1. The second kappa shape index (κ2) is 6.84. The molecule has 0 spiro atoms. The van der Waals surface area contributed by atoms with E-state index in [1.807, 2.05) is 34.6 Å². The van der Waals surface area contributed by atoms with Crippen molar-refractivity contribution in [1.82, 2.24) is 25.0 Å². The van der Waals surface area contributed by atoms with Crippen LogP contribution in [0.4, 0.5) is 4.79 Å². The molecular formula is C18H23N5O2. The van der Waals surface area contributed by atoms with Crippen molar-refractivity contribution in [3.05, 3.63) is 48.0 Å². The van der Waals surface area contributed by atoms with Crippen molar-refractivity contribution >= 4 is 6.03 Å². The summed E-state index contributed by atoms with van der Waals surface area (Å²) in [6, 6.07) is 10.6. The third-order valence-corrected chi connectivity index (χ3v) is 4.95. The zero-order valence-corrected chi connectivity index (χ0v) is 14.3. The minimum absolute atomic E-state index is 0.0145. The molecule has 1 saturated heterocycles. The molecule has 1 aliphatic heterocycles. The fourth-order valence-corrected chi connectivity index (χ4v) is 3.42. The van der Waals surface area contributed by atoms with Crippen molar-refractivity contribution in [3.8, 4) is 0 Å². The molecule has 2 aromatic rings. The highest BCUT2D eigenvalue weighted by Gasteiger charge is 2.40. The highest BCUT2D eigenvalue weighted by molar-refractivity contribution is 5.75. The molecule has 2 heterocycles. The van der Waals surface area contributed by atoms with E-state index < -0.39 is 0 Å². The molecule has 2 fully saturated rings. The number of aryl methyl sites for hydroxylation is 1. The molecule has 1 saturated carbocycles. The van der Waals surface area contributed by atoms with E-state index in [4.69, 9.17) is 4.74 Å². The van der Waals surface area contributed by atoms with E-state index in [1.54, 1.807) is 6.33 Å². The fourth-order valence-electron chi connectivity index (χ4n) is 3.42. The molecule has 25 heavy (non-hydrogen) atoms. The second-order valence-electron chi connectivity index (χ2n) is 6.59. The number of ether oxygens (including phenoxy) is 1. The van der Waals surface area contributed by atoms with Crippen molar-refractivity contribution in [2.75, 3.05) is 19.7 Å². The smallest absolute Gasteiger partial charge is 0.317 e. The van der Waals surface area contributed by atoms with Gasteiger partial charge in [0.05, 0.1) is 13.2 Å². The van der Waals surface area contributed by atoms with Crippen LogP contribution in [0.1, 0.15) is 36.8 Å². The Kier molecular flexibility index (Phi) is 4.40. The number of benzene rings is 1. The van der Waals surface area contributed by atoms with Crippen LogP contribution in [0.2, 0.25) is 0 Å². The molecule has 1 aliphatic carbocycles. The van der Waals surface area contributed by atoms with Gasteiger partial charge in [-0.2, -0.15) is 0 Å². The maximum atomic E-state index is 12.6. The Hall–Kier alpha value is -2.41. The van der Waals surface area contributed by atoms with Crippen LogP contribution < -0.4 is 5.32 Å². The van der Waals surface area contributed by atoms with Crippen LogP contribution in [0.3, 0.4) is 0 Å². The first kappa shape index (κ1) is 16.1. The molecule has 1 N–H and O–H groups in total. The standard InChI is InChI=1S/C18H23N5O2/c1-2-22-12-19-21-17(22)16-11-23(8-9-25-16)18(24)20-15-10-14(15)13-6-4-3-5-7-13/h3-7,12,14-16H,2,8-11H2,1H3,(H,20,24)/t14-,15+,16+/m1/s1. The summed E-state index contributed by atoms with van der Waals surface area (Å²) >= 11 is 0. The summed E-state index contributed by atoms with van der Waals surface area (Å²) in [4.78, 5) is 14.4. The Morgan fingerprint density at radius 3 is 3.00 bits per heavy atom. The number of urea groups is 1. The molecule has 2 amide bonds. The topological polar surface area (TPSA) is 72.3 Å². The summed E-state index contributed by atoms with van der Waals surface area (Å²) in [6.07, 6.45) is 2.49.